The summed E-state index contributed by atoms with van der Waals surface area (Å²) in [5, 5.41) is 0. The first-order valence-electron chi connectivity index (χ1n) is 4.73. The number of ether oxygens (including phenoxy) is 1. The average molecular weight is 184 g/mol. The molecule has 0 aromatic heterocycles. The van der Waals surface area contributed by atoms with Gasteiger partial charge in [-0.2, -0.15) is 0 Å². The van der Waals surface area contributed by atoms with Crippen molar-refractivity contribution in [1.82, 2.24) is 0 Å². The molecule has 0 saturated carbocycles. The van der Waals surface area contributed by atoms with Crippen molar-refractivity contribution in [3.05, 3.63) is 12.2 Å². The molecule has 0 fully saturated rings. The maximum absolute atomic E-state index is 11.2. The van der Waals surface area contributed by atoms with Crippen molar-refractivity contribution in [2.24, 2.45) is 5.41 Å². The minimum absolute atomic E-state index is 0.136. The maximum atomic E-state index is 11.2. The largest absolute Gasteiger partial charge is 0.466 e. The summed E-state index contributed by atoms with van der Waals surface area (Å²) in [6.45, 7) is 9.97. The molecule has 0 aliphatic rings. The molecular weight excluding hydrogens is 164 g/mol. The summed E-state index contributed by atoms with van der Waals surface area (Å²) >= 11 is 0. The Labute approximate surface area is 81.0 Å². The second kappa shape index (κ2) is 5.05. The lowest BCUT2D eigenvalue weighted by Gasteiger charge is -2.25. The topological polar surface area (TPSA) is 26.3 Å². The first-order valence-corrected chi connectivity index (χ1v) is 4.73. The average Bonchev–Trinajstić information content (AvgIpc) is 2.12. The van der Waals surface area contributed by atoms with Gasteiger partial charge >= 0.3 is 5.97 Å². The summed E-state index contributed by atoms with van der Waals surface area (Å²) in [4.78, 5) is 11.2. The number of esters is 1. The molecule has 2 heteroatoms. The molecule has 0 aliphatic heterocycles. The van der Waals surface area contributed by atoms with Crippen molar-refractivity contribution in [3.63, 3.8) is 0 Å². The van der Waals surface area contributed by atoms with Crippen LogP contribution < -0.4 is 0 Å². The molecule has 0 bridgehead atoms. The lowest BCUT2D eigenvalue weighted by Crippen LogP contribution is -2.21. The fourth-order valence-corrected chi connectivity index (χ4v) is 1.17. The minimum atomic E-state index is -0.291. The van der Waals surface area contributed by atoms with Crippen LogP contribution in [0.15, 0.2) is 12.2 Å². The van der Waals surface area contributed by atoms with E-state index in [1.165, 1.54) is 7.11 Å². The van der Waals surface area contributed by atoms with Gasteiger partial charge in [-0.3, -0.25) is 0 Å². The predicted molar refractivity (Wildman–Crippen MR) is 54.5 cm³/mol. The highest BCUT2D eigenvalue weighted by Crippen LogP contribution is 2.31. The molecule has 0 aromatic carbocycles. The number of hydrogen-bond donors (Lipinski definition) is 0. The van der Waals surface area contributed by atoms with E-state index in [0.29, 0.717) is 5.57 Å². The van der Waals surface area contributed by atoms with Crippen LogP contribution in [0.1, 0.15) is 40.0 Å². The number of rotatable bonds is 5. The van der Waals surface area contributed by atoms with Crippen molar-refractivity contribution in [3.8, 4) is 0 Å². The first-order chi connectivity index (χ1) is 5.95. The Hall–Kier alpha value is -0.790. The van der Waals surface area contributed by atoms with Crippen LogP contribution in [0, 0.1) is 5.41 Å². The Morgan fingerprint density at radius 2 is 2.00 bits per heavy atom. The van der Waals surface area contributed by atoms with Crippen molar-refractivity contribution >= 4 is 5.97 Å². The van der Waals surface area contributed by atoms with E-state index in [2.05, 4.69) is 18.2 Å². The van der Waals surface area contributed by atoms with Gasteiger partial charge in [0.05, 0.1) is 7.11 Å². The van der Waals surface area contributed by atoms with Gasteiger partial charge in [-0.15, -0.1) is 0 Å². The van der Waals surface area contributed by atoms with Crippen LogP contribution in [0.25, 0.3) is 0 Å². The SMILES string of the molecule is C=C(C(=O)OC)C(C)(C)CCCC. The van der Waals surface area contributed by atoms with Gasteiger partial charge in [0.2, 0.25) is 0 Å². The van der Waals surface area contributed by atoms with Crippen molar-refractivity contribution in [1.29, 1.82) is 0 Å². The minimum Gasteiger partial charge on any atom is -0.466 e. The van der Waals surface area contributed by atoms with E-state index >= 15 is 0 Å². The maximum Gasteiger partial charge on any atom is 0.333 e. The first kappa shape index (κ1) is 12.2. The molecule has 13 heavy (non-hydrogen) atoms. The Bertz CT molecular complexity index is 192. The van der Waals surface area contributed by atoms with Gasteiger partial charge in [0, 0.05) is 5.57 Å². The molecule has 0 rings (SSSR count). The Kier molecular flexibility index (Phi) is 4.74. The molecule has 0 amide bonds. The third-order valence-electron chi connectivity index (χ3n) is 2.40. The highest BCUT2D eigenvalue weighted by Gasteiger charge is 2.26. The second-order valence-electron chi connectivity index (χ2n) is 3.96. The number of hydrogen-bond acceptors (Lipinski definition) is 2. The van der Waals surface area contributed by atoms with Crippen molar-refractivity contribution in [2.75, 3.05) is 7.11 Å². The molecule has 0 spiro atoms. The van der Waals surface area contributed by atoms with E-state index in [1.807, 2.05) is 13.8 Å². The molecule has 0 radical (unpaired) electrons. The van der Waals surface area contributed by atoms with Crippen LogP contribution in [0.4, 0.5) is 0 Å². The number of unbranched alkanes of at least 4 members (excludes halogenated alkanes) is 1. The zero-order valence-corrected chi connectivity index (χ0v) is 9.14. The summed E-state index contributed by atoms with van der Waals surface area (Å²) in [6.07, 6.45) is 3.23. The van der Waals surface area contributed by atoms with E-state index in [1.54, 1.807) is 0 Å². The zero-order chi connectivity index (χ0) is 10.5. The Morgan fingerprint density at radius 3 is 2.38 bits per heavy atom. The summed E-state index contributed by atoms with van der Waals surface area (Å²) in [7, 11) is 1.39. The lowest BCUT2D eigenvalue weighted by molar-refractivity contribution is -0.137. The number of carbonyl (C=O) groups excluding carboxylic acids is 1. The molecule has 0 atom stereocenters. The van der Waals surface area contributed by atoms with E-state index < -0.39 is 0 Å². The Morgan fingerprint density at radius 1 is 1.46 bits per heavy atom. The molecule has 0 aliphatic carbocycles. The van der Waals surface area contributed by atoms with E-state index in [4.69, 9.17) is 0 Å². The molecule has 0 N–H and O–H groups in total. The smallest absolute Gasteiger partial charge is 0.333 e. The van der Waals surface area contributed by atoms with E-state index in [9.17, 15) is 4.79 Å². The van der Waals surface area contributed by atoms with Crippen LogP contribution >= 0.6 is 0 Å². The van der Waals surface area contributed by atoms with Crippen LogP contribution in [-0.2, 0) is 9.53 Å². The summed E-state index contributed by atoms with van der Waals surface area (Å²) < 4.78 is 4.64. The number of methoxy groups -OCH3 is 1. The van der Waals surface area contributed by atoms with Crippen molar-refractivity contribution < 1.29 is 9.53 Å². The normalized spacial score (nSPS) is 11.1. The molecule has 0 aromatic rings. The van der Waals surface area contributed by atoms with Gasteiger partial charge in [-0.1, -0.05) is 40.2 Å². The number of carbonyl (C=O) groups is 1. The third-order valence-corrected chi connectivity index (χ3v) is 2.40. The van der Waals surface area contributed by atoms with Gasteiger partial charge in [0.25, 0.3) is 0 Å². The zero-order valence-electron chi connectivity index (χ0n) is 9.14. The summed E-state index contributed by atoms with van der Waals surface area (Å²) in [5.41, 5.74) is 0.437. The quantitative estimate of drug-likeness (QED) is 0.485. The van der Waals surface area contributed by atoms with Crippen LogP contribution in [0.2, 0.25) is 0 Å². The lowest BCUT2D eigenvalue weighted by atomic mass is 9.80. The van der Waals surface area contributed by atoms with Gasteiger partial charge < -0.3 is 4.74 Å². The standard InChI is InChI=1S/C11H20O2/c1-6-7-8-11(3,4)9(2)10(12)13-5/h2,6-8H2,1,3-5H3. The molecular formula is C11H20O2. The molecule has 2 nitrogen and oxygen atoms in total. The summed E-state index contributed by atoms with van der Waals surface area (Å²) in [6, 6.07) is 0. The Balaban J connectivity index is 4.26. The monoisotopic (exact) mass is 184 g/mol. The second-order valence-corrected chi connectivity index (χ2v) is 3.96. The highest BCUT2D eigenvalue weighted by molar-refractivity contribution is 5.88. The van der Waals surface area contributed by atoms with Crippen LogP contribution in [-0.4, -0.2) is 13.1 Å². The highest BCUT2D eigenvalue weighted by atomic mass is 16.5. The summed E-state index contributed by atoms with van der Waals surface area (Å²) in [5.74, 6) is -0.291. The fraction of sp³-hybridized carbons (Fsp3) is 0.727. The van der Waals surface area contributed by atoms with Gasteiger partial charge in [0.15, 0.2) is 0 Å². The predicted octanol–water partition coefficient (Wildman–Crippen LogP) is 2.93. The van der Waals surface area contributed by atoms with Crippen LogP contribution in [0.5, 0.6) is 0 Å². The fourth-order valence-electron chi connectivity index (χ4n) is 1.17. The molecule has 0 unspecified atom stereocenters. The van der Waals surface area contributed by atoms with Gasteiger partial charge in [0.1, 0.15) is 0 Å². The molecule has 76 valence electrons. The third kappa shape index (κ3) is 3.62. The molecule has 0 heterocycles. The van der Waals surface area contributed by atoms with Crippen LogP contribution in [0.3, 0.4) is 0 Å². The van der Waals surface area contributed by atoms with E-state index in [-0.39, 0.29) is 11.4 Å². The molecule has 0 saturated heterocycles. The van der Waals surface area contributed by atoms with Crippen molar-refractivity contribution in [2.45, 2.75) is 40.0 Å². The van der Waals surface area contributed by atoms with Gasteiger partial charge in [-0.05, 0) is 11.8 Å². The van der Waals surface area contributed by atoms with E-state index in [0.717, 1.165) is 19.3 Å². The van der Waals surface area contributed by atoms with Gasteiger partial charge in [-0.25, -0.2) is 4.79 Å².